The van der Waals surface area contributed by atoms with Gasteiger partial charge in [0.15, 0.2) is 0 Å². The molecular formula is C20H21N3O4S. The van der Waals surface area contributed by atoms with Gasteiger partial charge in [0.25, 0.3) is 5.91 Å². The third-order valence-electron chi connectivity index (χ3n) is 4.02. The van der Waals surface area contributed by atoms with Crippen LogP contribution in [0.25, 0.3) is 11.3 Å². The average Bonchev–Trinajstić information content (AvgIpc) is 3.33. The topological polar surface area (TPSA) is 104 Å². The molecule has 3 N–H and O–H groups in total. The van der Waals surface area contributed by atoms with E-state index in [-0.39, 0.29) is 12.3 Å². The number of carboxylic acid groups (broad SMARTS) is 1. The molecule has 2 heterocycles. The van der Waals surface area contributed by atoms with E-state index in [1.807, 2.05) is 24.4 Å². The standard InChI is InChI=1S/C20H21N3O4S/c1-13-23-18(12-28-13)15-9-17(21-11-15)20(26)22-10-14-4-6-16(7-5-14)27-8-2-3-19(24)25/h4-7,9,11-12,21H,2-3,8,10H2,1H3,(H,22,26)(H,24,25). The van der Waals surface area contributed by atoms with Gasteiger partial charge >= 0.3 is 5.97 Å². The van der Waals surface area contributed by atoms with E-state index >= 15 is 0 Å². The number of aryl methyl sites for hydroxylation is 1. The smallest absolute Gasteiger partial charge is 0.303 e. The van der Waals surface area contributed by atoms with Crippen LogP contribution in [0.3, 0.4) is 0 Å². The Balaban J connectivity index is 1.48. The van der Waals surface area contributed by atoms with E-state index in [4.69, 9.17) is 9.84 Å². The number of nitrogens with one attached hydrogen (secondary N) is 2. The number of nitrogens with zero attached hydrogens (tertiary/aromatic N) is 1. The highest BCUT2D eigenvalue weighted by Crippen LogP contribution is 2.22. The fraction of sp³-hybridized carbons (Fsp3) is 0.250. The molecule has 0 saturated carbocycles. The SMILES string of the molecule is Cc1nc(-c2c[nH]c(C(=O)NCc3ccc(OCCCC(=O)O)cc3)c2)cs1. The molecule has 0 aliphatic heterocycles. The molecule has 0 aliphatic carbocycles. The first kappa shape index (κ1) is 19.6. The molecule has 28 heavy (non-hydrogen) atoms. The lowest BCUT2D eigenvalue weighted by molar-refractivity contribution is -0.137. The summed E-state index contributed by atoms with van der Waals surface area (Å²) in [5.41, 5.74) is 3.17. The Kier molecular flexibility index (Phi) is 6.44. The molecule has 1 aromatic carbocycles. The predicted octanol–water partition coefficient (Wildman–Crippen LogP) is 3.62. The van der Waals surface area contributed by atoms with E-state index in [0.717, 1.165) is 21.8 Å². The van der Waals surface area contributed by atoms with Crippen LogP contribution in [0.1, 0.15) is 33.9 Å². The van der Waals surface area contributed by atoms with Crippen LogP contribution in [-0.4, -0.2) is 33.6 Å². The van der Waals surface area contributed by atoms with E-state index in [0.29, 0.717) is 31.0 Å². The lowest BCUT2D eigenvalue weighted by atomic mass is 10.2. The van der Waals surface area contributed by atoms with Gasteiger partial charge in [0, 0.05) is 30.1 Å². The number of hydrogen-bond acceptors (Lipinski definition) is 5. The summed E-state index contributed by atoms with van der Waals surface area (Å²) in [4.78, 5) is 30.2. The van der Waals surface area contributed by atoms with Crippen molar-refractivity contribution in [3.8, 4) is 17.0 Å². The van der Waals surface area contributed by atoms with Crippen LogP contribution in [0.4, 0.5) is 0 Å². The molecule has 0 bridgehead atoms. The number of amides is 1. The summed E-state index contributed by atoms with van der Waals surface area (Å²) in [7, 11) is 0. The summed E-state index contributed by atoms with van der Waals surface area (Å²) in [5.74, 6) is -0.342. The molecule has 7 nitrogen and oxygen atoms in total. The Hall–Kier alpha value is -3.13. The second-order valence-electron chi connectivity index (χ2n) is 6.23. The molecule has 8 heteroatoms. The Morgan fingerprint density at radius 3 is 2.75 bits per heavy atom. The minimum atomic E-state index is -0.828. The molecule has 2 aromatic heterocycles. The number of thiazole rings is 1. The number of aromatic nitrogens is 2. The number of carbonyl (C=O) groups is 2. The van der Waals surface area contributed by atoms with Crippen LogP contribution in [0.2, 0.25) is 0 Å². The van der Waals surface area contributed by atoms with E-state index in [1.54, 1.807) is 35.7 Å². The van der Waals surface area contributed by atoms with Gasteiger partial charge in [0.1, 0.15) is 11.4 Å². The van der Waals surface area contributed by atoms with Crippen molar-refractivity contribution in [2.75, 3.05) is 6.61 Å². The van der Waals surface area contributed by atoms with Crippen LogP contribution in [0, 0.1) is 6.92 Å². The van der Waals surface area contributed by atoms with Gasteiger partial charge in [-0.15, -0.1) is 11.3 Å². The molecule has 3 rings (SSSR count). The van der Waals surface area contributed by atoms with Crippen LogP contribution in [0.5, 0.6) is 5.75 Å². The number of hydrogen-bond donors (Lipinski definition) is 3. The van der Waals surface area contributed by atoms with Crippen LogP contribution < -0.4 is 10.1 Å². The summed E-state index contributed by atoms with van der Waals surface area (Å²) < 4.78 is 5.49. The van der Waals surface area contributed by atoms with Crippen LogP contribution in [-0.2, 0) is 11.3 Å². The molecule has 0 fully saturated rings. The van der Waals surface area contributed by atoms with Crippen molar-refractivity contribution in [2.45, 2.75) is 26.3 Å². The second-order valence-corrected chi connectivity index (χ2v) is 7.29. The largest absolute Gasteiger partial charge is 0.494 e. The molecule has 3 aromatic rings. The van der Waals surface area contributed by atoms with Crippen molar-refractivity contribution in [3.63, 3.8) is 0 Å². The summed E-state index contributed by atoms with van der Waals surface area (Å²) in [6.07, 6.45) is 2.33. The fourth-order valence-corrected chi connectivity index (χ4v) is 3.19. The predicted molar refractivity (Wildman–Crippen MR) is 107 cm³/mol. The number of carbonyl (C=O) groups excluding carboxylic acids is 1. The monoisotopic (exact) mass is 399 g/mol. The molecule has 0 radical (unpaired) electrons. The summed E-state index contributed by atoms with van der Waals surface area (Å²) >= 11 is 1.57. The molecule has 0 saturated heterocycles. The second kappa shape index (κ2) is 9.18. The highest BCUT2D eigenvalue weighted by Gasteiger charge is 2.11. The first-order valence-corrected chi connectivity index (χ1v) is 9.72. The van der Waals surface area contributed by atoms with Gasteiger partial charge < -0.3 is 20.1 Å². The lowest BCUT2D eigenvalue weighted by Crippen LogP contribution is -2.22. The van der Waals surface area contributed by atoms with E-state index < -0.39 is 5.97 Å². The van der Waals surface area contributed by atoms with Crippen LogP contribution >= 0.6 is 11.3 Å². The maximum atomic E-state index is 12.3. The fourth-order valence-electron chi connectivity index (χ4n) is 2.56. The number of benzene rings is 1. The molecule has 146 valence electrons. The molecule has 1 amide bonds. The van der Waals surface area contributed by atoms with Gasteiger partial charge in [-0.1, -0.05) is 12.1 Å². The Morgan fingerprint density at radius 2 is 2.07 bits per heavy atom. The number of ether oxygens (including phenoxy) is 1. The number of rotatable bonds is 9. The van der Waals surface area contributed by atoms with E-state index in [1.165, 1.54) is 0 Å². The van der Waals surface area contributed by atoms with Crippen molar-refractivity contribution in [1.82, 2.24) is 15.3 Å². The summed E-state index contributed by atoms with van der Waals surface area (Å²) in [6, 6.07) is 9.13. The Labute approximate surface area is 166 Å². The van der Waals surface area contributed by atoms with E-state index in [2.05, 4.69) is 15.3 Å². The van der Waals surface area contributed by atoms with Gasteiger partial charge in [0.05, 0.1) is 17.3 Å². The normalized spacial score (nSPS) is 10.6. The van der Waals surface area contributed by atoms with Crippen molar-refractivity contribution < 1.29 is 19.4 Å². The van der Waals surface area contributed by atoms with Crippen molar-refractivity contribution in [3.05, 3.63) is 58.2 Å². The van der Waals surface area contributed by atoms with Gasteiger partial charge in [-0.3, -0.25) is 9.59 Å². The molecule has 0 atom stereocenters. The zero-order valence-corrected chi connectivity index (χ0v) is 16.2. The summed E-state index contributed by atoms with van der Waals surface area (Å²) in [6.45, 7) is 2.69. The number of carboxylic acids is 1. The van der Waals surface area contributed by atoms with Crippen LogP contribution in [0.15, 0.2) is 41.9 Å². The van der Waals surface area contributed by atoms with Gasteiger partial charge in [-0.25, -0.2) is 4.98 Å². The Morgan fingerprint density at radius 1 is 1.29 bits per heavy atom. The quantitative estimate of drug-likeness (QED) is 0.477. The maximum absolute atomic E-state index is 12.3. The first-order chi connectivity index (χ1) is 13.5. The number of aromatic amines is 1. The van der Waals surface area contributed by atoms with Crippen molar-refractivity contribution in [2.24, 2.45) is 0 Å². The average molecular weight is 399 g/mol. The molecule has 0 aliphatic rings. The molecule has 0 spiro atoms. The summed E-state index contributed by atoms with van der Waals surface area (Å²) in [5, 5.41) is 14.4. The molecule has 0 unspecified atom stereocenters. The number of H-pyrrole nitrogens is 1. The van der Waals surface area contributed by atoms with Gasteiger partial charge in [-0.05, 0) is 37.1 Å². The Bertz CT molecular complexity index is 947. The minimum absolute atomic E-state index is 0.0899. The first-order valence-electron chi connectivity index (χ1n) is 8.84. The number of aliphatic carboxylic acids is 1. The van der Waals surface area contributed by atoms with Gasteiger partial charge in [0.2, 0.25) is 0 Å². The molecular weight excluding hydrogens is 378 g/mol. The zero-order valence-electron chi connectivity index (χ0n) is 15.4. The lowest BCUT2D eigenvalue weighted by Gasteiger charge is -2.07. The zero-order chi connectivity index (χ0) is 19.9. The van der Waals surface area contributed by atoms with E-state index in [9.17, 15) is 9.59 Å². The maximum Gasteiger partial charge on any atom is 0.303 e. The highest BCUT2D eigenvalue weighted by atomic mass is 32.1. The highest BCUT2D eigenvalue weighted by molar-refractivity contribution is 7.09. The third kappa shape index (κ3) is 5.43. The van der Waals surface area contributed by atoms with Gasteiger partial charge in [-0.2, -0.15) is 0 Å². The third-order valence-corrected chi connectivity index (χ3v) is 4.80. The van der Waals surface area contributed by atoms with Crippen molar-refractivity contribution >= 4 is 23.2 Å². The minimum Gasteiger partial charge on any atom is -0.494 e. The van der Waals surface area contributed by atoms with Crippen molar-refractivity contribution in [1.29, 1.82) is 0 Å².